The summed E-state index contributed by atoms with van der Waals surface area (Å²) in [6.45, 7) is 6.07. The summed E-state index contributed by atoms with van der Waals surface area (Å²) < 4.78 is 1.86. The Balaban J connectivity index is 2.67. The number of nitrogens with zero attached hydrogens (tertiary/aromatic N) is 3. The maximum atomic E-state index is 6.18. The van der Waals surface area contributed by atoms with Crippen LogP contribution >= 0.6 is 11.6 Å². The van der Waals surface area contributed by atoms with Crippen LogP contribution in [0.15, 0.2) is 18.5 Å². The number of aryl methyl sites for hydroxylation is 1. The van der Waals surface area contributed by atoms with Crippen molar-refractivity contribution in [2.24, 2.45) is 0 Å². The molecule has 0 aliphatic carbocycles. The normalized spacial score (nSPS) is 11.1. The van der Waals surface area contributed by atoms with E-state index in [0.717, 1.165) is 16.8 Å². The molecule has 0 bridgehead atoms. The fourth-order valence-electron chi connectivity index (χ4n) is 1.75. The zero-order chi connectivity index (χ0) is 12.6. The number of hydrogen-bond donors (Lipinski definition) is 1. The van der Waals surface area contributed by atoms with Crippen LogP contribution in [0.3, 0.4) is 0 Å². The van der Waals surface area contributed by atoms with Gasteiger partial charge in [-0.1, -0.05) is 11.6 Å². The number of nitrogen functional groups attached to an aromatic ring is 1. The molecule has 0 spiro atoms. The van der Waals surface area contributed by atoms with Crippen molar-refractivity contribution < 1.29 is 0 Å². The molecule has 5 heteroatoms. The number of anilines is 1. The molecule has 2 N–H and O–H groups in total. The lowest BCUT2D eigenvalue weighted by Gasteiger charge is -2.13. The number of halogens is 1. The van der Waals surface area contributed by atoms with Crippen molar-refractivity contribution in [1.29, 1.82) is 0 Å². The Labute approximate surface area is 105 Å². The largest absolute Gasteiger partial charge is 0.383 e. The maximum absolute atomic E-state index is 6.18. The molecular weight excluding hydrogens is 236 g/mol. The van der Waals surface area contributed by atoms with Crippen molar-refractivity contribution in [2.75, 3.05) is 5.73 Å². The third-order valence-corrected chi connectivity index (χ3v) is 2.83. The highest BCUT2D eigenvalue weighted by molar-refractivity contribution is 6.33. The van der Waals surface area contributed by atoms with Gasteiger partial charge in [0, 0.05) is 17.8 Å². The molecule has 0 unspecified atom stereocenters. The van der Waals surface area contributed by atoms with E-state index < -0.39 is 0 Å². The Morgan fingerprint density at radius 1 is 1.35 bits per heavy atom. The standard InChI is InChI=1S/C12H15ClN4/c1-7(2)17-11(10(13)6-16-17)9-4-8(3)5-15-12(9)14/h4-7H,1-3H3,(H2,14,15). The minimum atomic E-state index is 0.220. The molecular formula is C12H15ClN4. The lowest BCUT2D eigenvalue weighted by molar-refractivity contribution is 0.538. The van der Waals surface area contributed by atoms with Crippen molar-refractivity contribution in [3.8, 4) is 11.3 Å². The summed E-state index contributed by atoms with van der Waals surface area (Å²) in [5.74, 6) is 0.472. The van der Waals surface area contributed by atoms with Gasteiger partial charge < -0.3 is 5.73 Å². The van der Waals surface area contributed by atoms with Crippen molar-refractivity contribution >= 4 is 17.4 Å². The minimum absolute atomic E-state index is 0.220. The predicted octanol–water partition coefficient (Wildman–Crippen LogP) is 3.07. The van der Waals surface area contributed by atoms with Gasteiger partial charge in [-0.15, -0.1) is 0 Å². The molecule has 0 radical (unpaired) electrons. The van der Waals surface area contributed by atoms with Crippen LogP contribution in [0, 0.1) is 6.92 Å². The number of nitrogens with two attached hydrogens (primary N) is 1. The van der Waals surface area contributed by atoms with E-state index in [0.29, 0.717) is 10.8 Å². The molecule has 0 saturated carbocycles. The summed E-state index contributed by atoms with van der Waals surface area (Å²) in [5, 5.41) is 4.86. The lowest BCUT2D eigenvalue weighted by atomic mass is 10.1. The van der Waals surface area contributed by atoms with E-state index >= 15 is 0 Å². The molecule has 0 fully saturated rings. The Kier molecular flexibility index (Phi) is 3.07. The highest BCUT2D eigenvalue weighted by Crippen LogP contribution is 2.33. The summed E-state index contributed by atoms with van der Waals surface area (Å²) in [6, 6.07) is 2.20. The summed E-state index contributed by atoms with van der Waals surface area (Å²) in [7, 11) is 0. The van der Waals surface area contributed by atoms with Crippen LogP contribution in [0.2, 0.25) is 5.02 Å². The average Bonchev–Trinajstić information content (AvgIpc) is 2.64. The van der Waals surface area contributed by atoms with E-state index in [1.807, 2.05) is 31.5 Å². The third-order valence-electron chi connectivity index (χ3n) is 2.55. The fraction of sp³-hybridized carbons (Fsp3) is 0.333. The first-order chi connectivity index (χ1) is 8.00. The van der Waals surface area contributed by atoms with Crippen LogP contribution in [0.5, 0.6) is 0 Å². The van der Waals surface area contributed by atoms with Crippen molar-refractivity contribution in [2.45, 2.75) is 26.8 Å². The van der Waals surface area contributed by atoms with Gasteiger partial charge in [0.25, 0.3) is 0 Å². The van der Waals surface area contributed by atoms with Gasteiger partial charge in [0.05, 0.1) is 16.9 Å². The molecule has 0 aliphatic heterocycles. The zero-order valence-electron chi connectivity index (χ0n) is 10.1. The molecule has 2 rings (SSSR count). The topological polar surface area (TPSA) is 56.7 Å². The third kappa shape index (κ3) is 2.13. The zero-order valence-corrected chi connectivity index (χ0v) is 10.9. The number of hydrogen-bond acceptors (Lipinski definition) is 3. The molecule has 90 valence electrons. The number of rotatable bonds is 2. The van der Waals surface area contributed by atoms with Gasteiger partial charge in [0.1, 0.15) is 5.82 Å². The van der Waals surface area contributed by atoms with Gasteiger partial charge in [-0.3, -0.25) is 4.68 Å². The van der Waals surface area contributed by atoms with E-state index in [9.17, 15) is 0 Å². The van der Waals surface area contributed by atoms with E-state index in [1.165, 1.54) is 0 Å². The highest BCUT2D eigenvalue weighted by Gasteiger charge is 2.16. The van der Waals surface area contributed by atoms with Gasteiger partial charge in [-0.05, 0) is 32.4 Å². The van der Waals surface area contributed by atoms with Crippen LogP contribution < -0.4 is 5.73 Å². The SMILES string of the molecule is Cc1cnc(N)c(-c2c(Cl)cnn2C(C)C)c1. The second kappa shape index (κ2) is 4.37. The van der Waals surface area contributed by atoms with Crippen LogP contribution in [0.25, 0.3) is 11.3 Å². The van der Waals surface area contributed by atoms with Gasteiger partial charge in [-0.25, -0.2) is 4.98 Å². The molecule has 0 amide bonds. The molecule has 0 aliphatic rings. The van der Waals surface area contributed by atoms with E-state index in [2.05, 4.69) is 10.1 Å². The first-order valence-electron chi connectivity index (χ1n) is 5.46. The second-order valence-corrected chi connectivity index (χ2v) is 4.73. The predicted molar refractivity (Wildman–Crippen MR) is 70.0 cm³/mol. The molecule has 17 heavy (non-hydrogen) atoms. The van der Waals surface area contributed by atoms with E-state index in [4.69, 9.17) is 17.3 Å². The minimum Gasteiger partial charge on any atom is -0.383 e. The monoisotopic (exact) mass is 250 g/mol. The van der Waals surface area contributed by atoms with Crippen LogP contribution in [0.1, 0.15) is 25.5 Å². The molecule has 0 atom stereocenters. The second-order valence-electron chi connectivity index (χ2n) is 4.32. The smallest absolute Gasteiger partial charge is 0.132 e. The van der Waals surface area contributed by atoms with Gasteiger partial charge in [0.2, 0.25) is 0 Å². The summed E-state index contributed by atoms with van der Waals surface area (Å²) in [5.41, 5.74) is 8.61. The molecule has 4 nitrogen and oxygen atoms in total. The Morgan fingerprint density at radius 2 is 2.06 bits per heavy atom. The van der Waals surface area contributed by atoms with Crippen molar-refractivity contribution in [1.82, 2.24) is 14.8 Å². The fourth-order valence-corrected chi connectivity index (χ4v) is 1.99. The lowest BCUT2D eigenvalue weighted by Crippen LogP contribution is -2.06. The van der Waals surface area contributed by atoms with Crippen molar-refractivity contribution in [3.63, 3.8) is 0 Å². The first-order valence-corrected chi connectivity index (χ1v) is 5.84. The van der Waals surface area contributed by atoms with Crippen LogP contribution in [0.4, 0.5) is 5.82 Å². The summed E-state index contributed by atoms with van der Waals surface area (Å²) in [6.07, 6.45) is 3.38. The Bertz CT molecular complexity index is 545. The molecule has 2 heterocycles. The Hall–Kier alpha value is -1.55. The van der Waals surface area contributed by atoms with E-state index in [1.54, 1.807) is 12.4 Å². The van der Waals surface area contributed by atoms with Crippen LogP contribution in [-0.2, 0) is 0 Å². The van der Waals surface area contributed by atoms with E-state index in [-0.39, 0.29) is 6.04 Å². The van der Waals surface area contributed by atoms with Gasteiger partial charge in [-0.2, -0.15) is 5.10 Å². The average molecular weight is 251 g/mol. The number of aromatic nitrogens is 3. The summed E-state index contributed by atoms with van der Waals surface area (Å²) >= 11 is 6.18. The molecule has 0 saturated heterocycles. The van der Waals surface area contributed by atoms with Crippen LogP contribution in [-0.4, -0.2) is 14.8 Å². The highest BCUT2D eigenvalue weighted by atomic mass is 35.5. The molecule has 2 aromatic rings. The molecule has 2 aromatic heterocycles. The summed E-state index contributed by atoms with van der Waals surface area (Å²) in [4.78, 5) is 4.15. The van der Waals surface area contributed by atoms with Gasteiger partial charge >= 0.3 is 0 Å². The van der Waals surface area contributed by atoms with Crippen molar-refractivity contribution in [3.05, 3.63) is 29.0 Å². The first kappa shape index (κ1) is 11.9. The van der Waals surface area contributed by atoms with Gasteiger partial charge in [0.15, 0.2) is 0 Å². The quantitative estimate of drug-likeness (QED) is 0.891. The maximum Gasteiger partial charge on any atom is 0.132 e. The Morgan fingerprint density at radius 3 is 2.71 bits per heavy atom. The number of pyridine rings is 1. The molecule has 0 aromatic carbocycles.